The third kappa shape index (κ3) is 1.46. The molecule has 2 aromatic rings. The highest BCUT2D eigenvalue weighted by Gasteiger charge is 2.26. The van der Waals surface area contributed by atoms with Crippen molar-refractivity contribution in [3.63, 3.8) is 0 Å². The van der Waals surface area contributed by atoms with E-state index in [1.807, 2.05) is 24.3 Å². The van der Waals surface area contributed by atoms with Crippen LogP contribution in [-0.2, 0) is 13.0 Å². The summed E-state index contributed by atoms with van der Waals surface area (Å²) in [6, 6.07) is 7.40. The first-order valence-electron chi connectivity index (χ1n) is 5.63. The van der Waals surface area contributed by atoms with E-state index < -0.39 is 0 Å². The number of hydrogen-bond acceptors (Lipinski definition) is 3. The molecule has 0 aliphatic carbocycles. The largest absolute Gasteiger partial charge is 0.838 e. The molecule has 0 amide bonds. The monoisotopic (exact) mass is 231 g/mol. The van der Waals surface area contributed by atoms with E-state index in [1.54, 1.807) is 11.8 Å². The van der Waals surface area contributed by atoms with Crippen molar-refractivity contribution in [1.82, 2.24) is 9.90 Å². The molecule has 0 atom stereocenters. The van der Waals surface area contributed by atoms with Gasteiger partial charge in [-0.2, -0.15) is 0 Å². The highest BCUT2D eigenvalue weighted by atomic mass is 16.5. The summed E-state index contributed by atoms with van der Waals surface area (Å²) >= 11 is 0. The highest BCUT2D eigenvalue weighted by Crippen LogP contribution is 2.22. The van der Waals surface area contributed by atoms with Crippen LogP contribution in [0.25, 0.3) is 5.69 Å². The quantitative estimate of drug-likeness (QED) is 0.693. The molecule has 0 unspecified atom stereocenters. The number of hydrogen-bond donors (Lipinski definition) is 0. The Kier molecular flexibility index (Phi) is 2.24. The van der Waals surface area contributed by atoms with Crippen LogP contribution >= 0.6 is 0 Å². The minimum absolute atomic E-state index is 0.0352. The average Bonchev–Trinajstić information content (AvgIpc) is 2.93. The number of methoxy groups -OCH3 is 1. The molecule has 0 saturated heterocycles. The predicted octanol–water partition coefficient (Wildman–Crippen LogP) is 0.188. The summed E-state index contributed by atoms with van der Waals surface area (Å²) in [7, 11) is 1.59. The fourth-order valence-electron chi connectivity index (χ4n) is 2.21. The molecule has 1 aromatic carbocycles. The zero-order valence-electron chi connectivity index (χ0n) is 9.59. The molecule has 0 bridgehead atoms. The van der Waals surface area contributed by atoms with E-state index in [0.29, 0.717) is 11.4 Å². The Balaban J connectivity index is 2.16. The zero-order valence-corrected chi connectivity index (χ0v) is 9.59. The van der Waals surface area contributed by atoms with Crippen molar-refractivity contribution < 1.29 is 14.5 Å². The van der Waals surface area contributed by atoms with Crippen molar-refractivity contribution in [2.75, 3.05) is 7.11 Å². The molecule has 1 aromatic heterocycles. The number of para-hydroxylation sites is 2. The summed E-state index contributed by atoms with van der Waals surface area (Å²) in [5.41, 5.74) is 1.48. The highest BCUT2D eigenvalue weighted by molar-refractivity contribution is 5.40. The van der Waals surface area contributed by atoms with Crippen LogP contribution in [0.15, 0.2) is 24.3 Å². The third-order valence-corrected chi connectivity index (χ3v) is 3.05. The number of benzene rings is 1. The lowest BCUT2D eigenvalue weighted by atomic mass is 10.3. The van der Waals surface area contributed by atoms with Gasteiger partial charge in [0.2, 0.25) is 0 Å². The van der Waals surface area contributed by atoms with Gasteiger partial charge in [0.15, 0.2) is 17.1 Å². The van der Waals surface area contributed by atoms with Crippen LogP contribution in [0.5, 0.6) is 11.6 Å². The second-order valence-electron chi connectivity index (χ2n) is 4.05. The Morgan fingerprint density at radius 1 is 1.41 bits per heavy atom. The lowest BCUT2D eigenvalue weighted by Crippen LogP contribution is -2.37. The molecule has 1 aliphatic rings. The van der Waals surface area contributed by atoms with E-state index in [4.69, 9.17) is 4.74 Å². The van der Waals surface area contributed by atoms with Crippen molar-refractivity contribution in [3.8, 4) is 17.3 Å². The maximum Gasteiger partial charge on any atom is 0.196 e. The van der Waals surface area contributed by atoms with Crippen molar-refractivity contribution >= 4 is 0 Å². The third-order valence-electron chi connectivity index (χ3n) is 3.05. The number of nitrogens with zero attached hydrogens (tertiary/aromatic N) is 3. The number of rotatable bonds is 2. The number of ether oxygens (including phenoxy) is 1. The smallest absolute Gasteiger partial charge is 0.196 e. The minimum Gasteiger partial charge on any atom is -0.838 e. The Labute approximate surface area is 98.9 Å². The van der Waals surface area contributed by atoms with Gasteiger partial charge in [0, 0.05) is 6.42 Å². The zero-order chi connectivity index (χ0) is 11.8. The normalized spacial score (nSPS) is 13.7. The van der Waals surface area contributed by atoms with Crippen LogP contribution in [0.3, 0.4) is 0 Å². The molecule has 2 heterocycles. The first kappa shape index (κ1) is 10.1. The van der Waals surface area contributed by atoms with E-state index in [0.717, 1.165) is 25.1 Å². The molecular weight excluding hydrogens is 218 g/mol. The average molecular weight is 231 g/mol. The standard InChI is InChI=1S/C12H13N3O2/c1-17-11-7-3-2-5-9(11)15-12(16)10-6-4-8-14(10)13-15/h2-3,5,7H,4,6,8H2,1H3. The molecule has 17 heavy (non-hydrogen) atoms. The Morgan fingerprint density at radius 2 is 2.24 bits per heavy atom. The Hall–Kier alpha value is -2.04. The summed E-state index contributed by atoms with van der Waals surface area (Å²) in [4.78, 5) is 0. The number of aromatic nitrogens is 3. The summed E-state index contributed by atoms with van der Waals surface area (Å²) in [6.45, 7) is 0.826. The van der Waals surface area contributed by atoms with Gasteiger partial charge in [-0.3, -0.25) is 0 Å². The molecule has 3 rings (SSSR count). The van der Waals surface area contributed by atoms with Gasteiger partial charge in [0.05, 0.1) is 12.3 Å². The number of fused-ring (bicyclic) bond motifs is 1. The van der Waals surface area contributed by atoms with Crippen LogP contribution in [0.1, 0.15) is 12.1 Å². The summed E-state index contributed by atoms with van der Waals surface area (Å²) < 4.78 is 8.46. The van der Waals surface area contributed by atoms with Gasteiger partial charge in [-0.1, -0.05) is 12.1 Å². The van der Waals surface area contributed by atoms with Crippen LogP contribution in [0, 0.1) is 0 Å². The van der Waals surface area contributed by atoms with Crippen molar-refractivity contribution in [2.24, 2.45) is 0 Å². The molecule has 0 N–H and O–H groups in total. The first-order valence-corrected chi connectivity index (χ1v) is 5.63. The lowest BCUT2D eigenvalue weighted by Gasteiger charge is -2.06. The summed E-state index contributed by atoms with van der Waals surface area (Å²) in [5.74, 6) is 0.623. The van der Waals surface area contributed by atoms with E-state index in [1.165, 1.54) is 4.68 Å². The second kappa shape index (κ2) is 3.76. The van der Waals surface area contributed by atoms with Crippen LogP contribution in [0.4, 0.5) is 0 Å². The van der Waals surface area contributed by atoms with Gasteiger partial charge >= 0.3 is 0 Å². The van der Waals surface area contributed by atoms with Gasteiger partial charge < -0.3 is 9.84 Å². The maximum absolute atomic E-state index is 12.2. The topological polar surface area (TPSA) is 54.0 Å². The van der Waals surface area contributed by atoms with Crippen molar-refractivity contribution in [3.05, 3.63) is 30.0 Å². The van der Waals surface area contributed by atoms with Gasteiger partial charge in [0.1, 0.15) is 12.4 Å². The molecular formula is C12H13N3O2. The molecule has 0 spiro atoms. The Morgan fingerprint density at radius 3 is 3.00 bits per heavy atom. The number of aryl methyl sites for hydroxylation is 1. The van der Waals surface area contributed by atoms with E-state index in [9.17, 15) is 5.11 Å². The van der Waals surface area contributed by atoms with E-state index in [-0.39, 0.29) is 5.88 Å². The van der Waals surface area contributed by atoms with Gasteiger partial charge in [-0.05, 0) is 18.6 Å². The lowest BCUT2D eigenvalue weighted by molar-refractivity contribution is -0.704. The van der Waals surface area contributed by atoms with Crippen LogP contribution < -0.4 is 14.5 Å². The fraction of sp³-hybridized carbons (Fsp3) is 0.333. The van der Waals surface area contributed by atoms with Gasteiger partial charge in [-0.15, -0.1) is 9.36 Å². The first-order chi connectivity index (χ1) is 8.31. The molecule has 0 radical (unpaired) electrons. The van der Waals surface area contributed by atoms with E-state index in [2.05, 4.69) is 5.21 Å². The van der Waals surface area contributed by atoms with Crippen LogP contribution in [-0.4, -0.2) is 17.0 Å². The fourth-order valence-corrected chi connectivity index (χ4v) is 2.21. The van der Waals surface area contributed by atoms with E-state index >= 15 is 0 Å². The van der Waals surface area contributed by atoms with Gasteiger partial charge in [0.25, 0.3) is 0 Å². The van der Waals surface area contributed by atoms with Crippen molar-refractivity contribution in [2.45, 2.75) is 19.4 Å². The molecule has 0 saturated carbocycles. The Bertz CT molecular complexity index is 563. The molecule has 88 valence electrons. The molecule has 5 heteroatoms. The molecule has 5 nitrogen and oxygen atoms in total. The van der Waals surface area contributed by atoms with Gasteiger partial charge in [-0.25, -0.2) is 0 Å². The predicted molar refractivity (Wildman–Crippen MR) is 58.1 cm³/mol. The maximum atomic E-state index is 12.2. The SMILES string of the molecule is COc1ccccc1-[n+]1nn2c(c1[O-])CCC2. The van der Waals surface area contributed by atoms with Crippen LogP contribution in [0.2, 0.25) is 0 Å². The summed E-state index contributed by atoms with van der Waals surface area (Å²) in [5, 5.41) is 16.5. The molecule has 1 aliphatic heterocycles. The summed E-state index contributed by atoms with van der Waals surface area (Å²) in [6.07, 6.45) is 1.82. The second-order valence-corrected chi connectivity index (χ2v) is 4.05. The molecule has 0 fully saturated rings. The minimum atomic E-state index is -0.0352. The van der Waals surface area contributed by atoms with Crippen molar-refractivity contribution in [1.29, 1.82) is 0 Å².